The molecule has 0 aliphatic carbocycles. The molecule has 0 atom stereocenters. The van der Waals surface area contributed by atoms with Crippen LogP contribution in [0.1, 0.15) is 35.3 Å². The van der Waals surface area contributed by atoms with Crippen LogP contribution in [0.4, 0.5) is 0 Å². The first-order valence-electron chi connectivity index (χ1n) is 9.59. The maximum Gasteiger partial charge on any atom is 0.251 e. The van der Waals surface area contributed by atoms with Crippen molar-refractivity contribution in [3.63, 3.8) is 0 Å². The van der Waals surface area contributed by atoms with Gasteiger partial charge in [-0.15, -0.1) is 24.0 Å². The molecule has 0 aliphatic heterocycles. The molecule has 7 heteroatoms. The lowest BCUT2D eigenvalue weighted by Gasteiger charge is -2.22. The van der Waals surface area contributed by atoms with E-state index in [9.17, 15) is 4.79 Å². The molecule has 2 N–H and O–H groups in total. The Morgan fingerprint density at radius 2 is 1.83 bits per heavy atom. The molecule has 2 aromatic carbocycles. The van der Waals surface area contributed by atoms with Gasteiger partial charge in [-0.25, -0.2) is 4.99 Å². The van der Waals surface area contributed by atoms with Gasteiger partial charge < -0.3 is 20.3 Å². The van der Waals surface area contributed by atoms with E-state index in [0.29, 0.717) is 18.7 Å². The van der Waals surface area contributed by atoms with E-state index in [-0.39, 0.29) is 29.9 Å². The molecule has 0 radical (unpaired) electrons. The van der Waals surface area contributed by atoms with Gasteiger partial charge in [-0.05, 0) is 49.2 Å². The number of carbonyl (C=O) groups is 1. The van der Waals surface area contributed by atoms with Gasteiger partial charge in [0.15, 0.2) is 5.96 Å². The van der Waals surface area contributed by atoms with Crippen molar-refractivity contribution in [1.29, 1.82) is 0 Å². The van der Waals surface area contributed by atoms with E-state index in [4.69, 9.17) is 9.73 Å². The Labute approximate surface area is 190 Å². The van der Waals surface area contributed by atoms with Crippen LogP contribution in [-0.2, 0) is 13.1 Å². The summed E-state index contributed by atoms with van der Waals surface area (Å²) in [6.07, 6.45) is 0. The summed E-state index contributed by atoms with van der Waals surface area (Å²) in [4.78, 5) is 18.6. The topological polar surface area (TPSA) is 66.0 Å². The Bertz CT molecular complexity index is 794. The lowest BCUT2D eigenvalue weighted by Crippen LogP contribution is -2.38. The molecule has 158 valence electrons. The van der Waals surface area contributed by atoms with Gasteiger partial charge in [0.1, 0.15) is 5.75 Å². The molecule has 0 bridgehead atoms. The van der Waals surface area contributed by atoms with Gasteiger partial charge in [-0.2, -0.15) is 0 Å². The summed E-state index contributed by atoms with van der Waals surface area (Å²) >= 11 is 0. The minimum absolute atomic E-state index is 0. The highest BCUT2D eigenvalue weighted by atomic mass is 127. The molecule has 0 unspecified atom stereocenters. The summed E-state index contributed by atoms with van der Waals surface area (Å²) in [6, 6.07) is 15.6. The number of nitrogens with one attached hydrogen (secondary N) is 2. The van der Waals surface area contributed by atoms with Gasteiger partial charge in [-0.1, -0.05) is 24.3 Å². The van der Waals surface area contributed by atoms with Gasteiger partial charge in [0.25, 0.3) is 5.91 Å². The zero-order chi connectivity index (χ0) is 20.4. The molecule has 0 heterocycles. The fraction of sp³-hybridized carbons (Fsp3) is 0.364. The molecule has 1 amide bonds. The number of hydrogen-bond acceptors (Lipinski definition) is 3. The SMILES string of the molecule is CCNC(=NCc1cccc(C(=O)NC)c1)N(C)Cc1ccc(OCC)cc1.I. The fourth-order valence-electron chi connectivity index (χ4n) is 2.80. The van der Waals surface area contributed by atoms with E-state index in [1.165, 1.54) is 5.56 Å². The third kappa shape index (κ3) is 7.92. The molecule has 0 fully saturated rings. The molecule has 0 aromatic heterocycles. The van der Waals surface area contributed by atoms with Crippen LogP contribution in [0, 0.1) is 0 Å². The van der Waals surface area contributed by atoms with Crippen molar-refractivity contribution in [1.82, 2.24) is 15.5 Å². The van der Waals surface area contributed by atoms with Crippen LogP contribution in [0.15, 0.2) is 53.5 Å². The van der Waals surface area contributed by atoms with Crippen LogP contribution < -0.4 is 15.4 Å². The Balaban J connectivity index is 0.00000420. The predicted octanol–water partition coefficient (Wildman–Crippen LogP) is 3.66. The van der Waals surface area contributed by atoms with E-state index in [2.05, 4.69) is 27.7 Å². The molecule has 0 aliphatic rings. The Morgan fingerprint density at radius 1 is 1.10 bits per heavy atom. The number of carbonyl (C=O) groups excluding carboxylic acids is 1. The lowest BCUT2D eigenvalue weighted by atomic mass is 10.1. The number of halogens is 1. The summed E-state index contributed by atoms with van der Waals surface area (Å²) in [5.41, 5.74) is 2.81. The maximum absolute atomic E-state index is 11.8. The van der Waals surface area contributed by atoms with E-state index >= 15 is 0 Å². The summed E-state index contributed by atoms with van der Waals surface area (Å²) in [7, 11) is 3.64. The number of hydrogen-bond donors (Lipinski definition) is 2. The maximum atomic E-state index is 11.8. The van der Waals surface area contributed by atoms with Gasteiger partial charge in [0, 0.05) is 32.7 Å². The van der Waals surface area contributed by atoms with Crippen molar-refractivity contribution < 1.29 is 9.53 Å². The third-order valence-corrected chi connectivity index (χ3v) is 4.18. The quantitative estimate of drug-likeness (QED) is 0.323. The molecule has 6 nitrogen and oxygen atoms in total. The average molecular weight is 510 g/mol. The minimum Gasteiger partial charge on any atom is -0.494 e. The smallest absolute Gasteiger partial charge is 0.251 e. The first kappa shape index (κ1) is 24.7. The number of amides is 1. The van der Waals surface area contributed by atoms with Crippen LogP contribution in [-0.4, -0.2) is 44.0 Å². The largest absolute Gasteiger partial charge is 0.494 e. The van der Waals surface area contributed by atoms with E-state index in [1.54, 1.807) is 13.1 Å². The average Bonchev–Trinajstić information content (AvgIpc) is 2.72. The van der Waals surface area contributed by atoms with Crippen LogP contribution in [0.2, 0.25) is 0 Å². The van der Waals surface area contributed by atoms with Gasteiger partial charge >= 0.3 is 0 Å². The molecule has 0 saturated carbocycles. The van der Waals surface area contributed by atoms with Gasteiger partial charge in [-0.3, -0.25) is 4.79 Å². The number of nitrogens with zero attached hydrogens (tertiary/aromatic N) is 2. The molecule has 0 spiro atoms. The zero-order valence-corrected chi connectivity index (χ0v) is 19.9. The van der Waals surface area contributed by atoms with E-state index in [1.807, 2.05) is 51.2 Å². The van der Waals surface area contributed by atoms with Crippen molar-refractivity contribution in [3.8, 4) is 5.75 Å². The summed E-state index contributed by atoms with van der Waals surface area (Å²) in [5, 5.41) is 5.97. The Kier molecular flexibility index (Phi) is 11.1. The number of ether oxygens (including phenoxy) is 1. The minimum atomic E-state index is -0.0923. The number of benzene rings is 2. The highest BCUT2D eigenvalue weighted by molar-refractivity contribution is 14.0. The molecular weight excluding hydrogens is 479 g/mol. The normalized spacial score (nSPS) is 10.7. The summed E-state index contributed by atoms with van der Waals surface area (Å²) in [5.74, 6) is 1.61. The van der Waals surface area contributed by atoms with Crippen molar-refractivity contribution >= 4 is 35.8 Å². The van der Waals surface area contributed by atoms with E-state index in [0.717, 1.165) is 30.4 Å². The highest BCUT2D eigenvalue weighted by Gasteiger charge is 2.08. The third-order valence-electron chi connectivity index (χ3n) is 4.18. The second kappa shape index (κ2) is 13.0. The molecule has 0 saturated heterocycles. The first-order chi connectivity index (χ1) is 13.6. The van der Waals surface area contributed by atoms with Gasteiger partial charge in [0.05, 0.1) is 13.2 Å². The van der Waals surface area contributed by atoms with Crippen LogP contribution in [0.3, 0.4) is 0 Å². The fourth-order valence-corrected chi connectivity index (χ4v) is 2.80. The lowest BCUT2D eigenvalue weighted by molar-refractivity contribution is 0.0963. The molecular formula is C22H31IN4O2. The van der Waals surface area contributed by atoms with Crippen molar-refractivity contribution in [2.24, 2.45) is 4.99 Å². The summed E-state index contributed by atoms with van der Waals surface area (Å²) in [6.45, 7) is 6.71. The predicted molar refractivity (Wildman–Crippen MR) is 129 cm³/mol. The number of aliphatic imine (C=N–C) groups is 1. The molecule has 2 rings (SSSR count). The van der Waals surface area contributed by atoms with Crippen LogP contribution in [0.5, 0.6) is 5.75 Å². The second-order valence-corrected chi connectivity index (χ2v) is 6.38. The molecule has 2 aromatic rings. The van der Waals surface area contributed by atoms with Crippen molar-refractivity contribution in [2.75, 3.05) is 27.2 Å². The van der Waals surface area contributed by atoms with Gasteiger partial charge in [0.2, 0.25) is 0 Å². The summed E-state index contributed by atoms with van der Waals surface area (Å²) < 4.78 is 5.50. The van der Waals surface area contributed by atoms with Crippen molar-refractivity contribution in [3.05, 3.63) is 65.2 Å². The van der Waals surface area contributed by atoms with E-state index < -0.39 is 0 Å². The second-order valence-electron chi connectivity index (χ2n) is 6.38. The number of rotatable bonds is 8. The zero-order valence-electron chi connectivity index (χ0n) is 17.6. The highest BCUT2D eigenvalue weighted by Crippen LogP contribution is 2.13. The standard InChI is InChI=1S/C22H30N4O2.HI/c1-5-24-22(25-15-18-8-7-9-19(14-18)21(27)23-3)26(4)16-17-10-12-20(13-11-17)28-6-2;/h7-14H,5-6,15-16H2,1-4H3,(H,23,27)(H,24,25);1H. The number of guanidine groups is 1. The Hall–Kier alpha value is -2.29. The van der Waals surface area contributed by atoms with Crippen LogP contribution in [0.25, 0.3) is 0 Å². The van der Waals surface area contributed by atoms with Crippen LogP contribution >= 0.6 is 24.0 Å². The monoisotopic (exact) mass is 510 g/mol. The Morgan fingerprint density at radius 3 is 2.45 bits per heavy atom. The van der Waals surface area contributed by atoms with Crippen molar-refractivity contribution in [2.45, 2.75) is 26.9 Å². The first-order valence-corrected chi connectivity index (χ1v) is 9.59. The molecule has 29 heavy (non-hydrogen) atoms.